The molecule has 0 aromatic heterocycles. The van der Waals surface area contributed by atoms with Gasteiger partial charge in [-0.3, -0.25) is 14.4 Å². The predicted molar refractivity (Wildman–Crippen MR) is 118 cm³/mol. The molecule has 0 radical (unpaired) electrons. The number of methoxy groups -OCH3 is 1. The van der Waals surface area contributed by atoms with E-state index >= 15 is 0 Å². The van der Waals surface area contributed by atoms with Crippen LogP contribution >= 0.6 is 22.6 Å². The van der Waals surface area contributed by atoms with Crippen molar-refractivity contribution >= 4 is 51.7 Å². The predicted octanol–water partition coefficient (Wildman–Crippen LogP) is 4.35. The molecule has 3 aromatic carbocycles. The molecule has 0 fully saturated rings. The molecule has 29 heavy (non-hydrogen) atoms. The molecule has 7 heteroatoms. The van der Waals surface area contributed by atoms with Gasteiger partial charge in [-0.2, -0.15) is 0 Å². The largest absolute Gasteiger partial charge is 0.497 e. The van der Waals surface area contributed by atoms with Gasteiger partial charge in [0, 0.05) is 14.8 Å². The van der Waals surface area contributed by atoms with Gasteiger partial charge in [0.2, 0.25) is 0 Å². The molecule has 0 atom stereocenters. The Morgan fingerprint density at radius 3 is 2.21 bits per heavy atom. The first-order valence-corrected chi connectivity index (χ1v) is 9.79. The molecule has 3 amide bonds. The van der Waals surface area contributed by atoms with E-state index in [-0.39, 0.29) is 17.0 Å². The molecule has 3 aromatic rings. The first-order chi connectivity index (χ1) is 14.0. The highest BCUT2D eigenvalue weighted by molar-refractivity contribution is 14.1. The first kappa shape index (κ1) is 19.1. The molecular formula is C22H15IN2O4. The fourth-order valence-corrected chi connectivity index (χ4v) is 3.44. The van der Waals surface area contributed by atoms with E-state index in [1.54, 1.807) is 49.6 Å². The minimum atomic E-state index is -0.459. The number of hydrogen-bond donors (Lipinski definition) is 1. The first-order valence-electron chi connectivity index (χ1n) is 8.72. The number of rotatable bonds is 4. The van der Waals surface area contributed by atoms with E-state index < -0.39 is 11.8 Å². The second kappa shape index (κ2) is 7.67. The number of carbonyl (C=O) groups is 3. The van der Waals surface area contributed by atoms with E-state index in [9.17, 15) is 14.4 Å². The minimum absolute atomic E-state index is 0.209. The molecule has 0 saturated heterocycles. The summed E-state index contributed by atoms with van der Waals surface area (Å²) in [5, 5.41) is 2.79. The number of carbonyl (C=O) groups excluding carboxylic acids is 3. The minimum Gasteiger partial charge on any atom is -0.497 e. The summed E-state index contributed by atoms with van der Waals surface area (Å²) in [6.07, 6.45) is 0. The number of nitrogens with zero attached hydrogens (tertiary/aromatic N) is 1. The lowest BCUT2D eigenvalue weighted by atomic mass is 10.1. The van der Waals surface area contributed by atoms with Crippen LogP contribution in [0.25, 0.3) is 0 Å². The normalized spacial score (nSPS) is 12.7. The highest BCUT2D eigenvalue weighted by Gasteiger charge is 2.37. The van der Waals surface area contributed by atoms with E-state index in [0.29, 0.717) is 22.7 Å². The van der Waals surface area contributed by atoms with Crippen LogP contribution in [-0.2, 0) is 0 Å². The quantitative estimate of drug-likeness (QED) is 0.429. The highest BCUT2D eigenvalue weighted by Crippen LogP contribution is 2.30. The van der Waals surface area contributed by atoms with Gasteiger partial charge in [-0.15, -0.1) is 0 Å². The maximum atomic E-state index is 12.9. The lowest BCUT2D eigenvalue weighted by molar-refractivity contribution is 0.0925. The molecule has 1 aliphatic heterocycles. The highest BCUT2D eigenvalue weighted by atomic mass is 127. The van der Waals surface area contributed by atoms with Gasteiger partial charge in [0.15, 0.2) is 0 Å². The van der Waals surface area contributed by atoms with Gasteiger partial charge >= 0.3 is 0 Å². The van der Waals surface area contributed by atoms with E-state index in [2.05, 4.69) is 27.9 Å². The maximum absolute atomic E-state index is 12.9. The van der Waals surface area contributed by atoms with Crippen molar-refractivity contribution in [2.75, 3.05) is 17.3 Å². The average Bonchev–Trinajstić information content (AvgIpc) is 2.99. The van der Waals surface area contributed by atoms with E-state index in [1.807, 2.05) is 12.1 Å². The van der Waals surface area contributed by atoms with Gasteiger partial charge in [-0.1, -0.05) is 0 Å². The van der Waals surface area contributed by atoms with Crippen molar-refractivity contribution in [2.24, 2.45) is 0 Å². The van der Waals surface area contributed by atoms with Gasteiger partial charge in [-0.05, 0) is 89.3 Å². The van der Waals surface area contributed by atoms with E-state index in [0.717, 1.165) is 8.47 Å². The number of benzene rings is 3. The topological polar surface area (TPSA) is 75.7 Å². The smallest absolute Gasteiger partial charge is 0.266 e. The Balaban J connectivity index is 1.60. The van der Waals surface area contributed by atoms with Gasteiger partial charge in [0.25, 0.3) is 17.7 Å². The van der Waals surface area contributed by atoms with Gasteiger partial charge in [0.05, 0.1) is 23.9 Å². The van der Waals surface area contributed by atoms with Gasteiger partial charge in [-0.25, -0.2) is 4.90 Å². The Bertz CT molecular complexity index is 1120. The Morgan fingerprint density at radius 1 is 0.897 bits per heavy atom. The zero-order chi connectivity index (χ0) is 20.5. The fourth-order valence-electron chi connectivity index (χ4n) is 3.08. The molecule has 0 spiro atoms. The summed E-state index contributed by atoms with van der Waals surface area (Å²) in [5.74, 6) is -0.601. The second-order valence-electron chi connectivity index (χ2n) is 6.37. The van der Waals surface area contributed by atoms with Crippen molar-refractivity contribution in [3.05, 3.63) is 87.0 Å². The van der Waals surface area contributed by atoms with Crippen LogP contribution in [0.2, 0.25) is 0 Å². The summed E-state index contributed by atoms with van der Waals surface area (Å²) in [7, 11) is 1.54. The van der Waals surface area contributed by atoms with E-state index in [1.165, 1.54) is 12.1 Å². The van der Waals surface area contributed by atoms with Crippen molar-refractivity contribution in [1.82, 2.24) is 0 Å². The monoisotopic (exact) mass is 498 g/mol. The average molecular weight is 498 g/mol. The number of hydrogen-bond acceptors (Lipinski definition) is 4. The molecule has 0 aliphatic carbocycles. The third-order valence-corrected chi connectivity index (χ3v) is 5.30. The fraction of sp³-hybridized carbons (Fsp3) is 0.0455. The van der Waals surface area contributed by atoms with Gasteiger partial charge < -0.3 is 10.1 Å². The molecule has 1 heterocycles. The molecular weight excluding hydrogens is 483 g/mol. The summed E-state index contributed by atoms with van der Waals surface area (Å²) < 4.78 is 6.17. The molecule has 4 rings (SSSR count). The lowest BCUT2D eigenvalue weighted by Gasteiger charge is -2.14. The van der Waals surface area contributed by atoms with Crippen LogP contribution in [0.1, 0.15) is 31.1 Å². The molecule has 0 bridgehead atoms. The summed E-state index contributed by atoms with van der Waals surface area (Å²) in [4.78, 5) is 39.3. The van der Waals surface area contributed by atoms with Crippen molar-refractivity contribution in [3.63, 3.8) is 0 Å². The van der Waals surface area contributed by atoms with Crippen molar-refractivity contribution in [3.8, 4) is 5.75 Å². The number of halogens is 1. The van der Waals surface area contributed by atoms with Crippen LogP contribution in [0.4, 0.5) is 11.4 Å². The van der Waals surface area contributed by atoms with E-state index in [4.69, 9.17) is 4.74 Å². The summed E-state index contributed by atoms with van der Waals surface area (Å²) in [6.45, 7) is 0. The number of imide groups is 1. The van der Waals surface area contributed by atoms with Crippen LogP contribution in [0.15, 0.2) is 66.7 Å². The van der Waals surface area contributed by atoms with Crippen molar-refractivity contribution in [1.29, 1.82) is 0 Å². The van der Waals surface area contributed by atoms with Crippen LogP contribution in [-0.4, -0.2) is 24.8 Å². The number of fused-ring (bicyclic) bond motifs is 1. The zero-order valence-electron chi connectivity index (χ0n) is 15.3. The Kier molecular flexibility index (Phi) is 5.06. The molecule has 1 N–H and O–H groups in total. The Hall–Kier alpha value is -3.20. The molecule has 0 saturated carbocycles. The molecule has 6 nitrogen and oxygen atoms in total. The van der Waals surface area contributed by atoms with Crippen molar-refractivity contribution in [2.45, 2.75) is 0 Å². The van der Waals surface area contributed by atoms with Crippen LogP contribution < -0.4 is 15.0 Å². The maximum Gasteiger partial charge on any atom is 0.266 e. The number of ether oxygens (including phenoxy) is 1. The number of anilines is 2. The number of nitrogens with one attached hydrogen (secondary N) is 1. The summed E-state index contributed by atoms with van der Waals surface area (Å²) in [6, 6.07) is 18.5. The zero-order valence-corrected chi connectivity index (χ0v) is 17.5. The van der Waals surface area contributed by atoms with Crippen LogP contribution in [0.5, 0.6) is 5.75 Å². The third-order valence-electron chi connectivity index (χ3n) is 4.58. The molecule has 144 valence electrons. The summed E-state index contributed by atoms with van der Waals surface area (Å²) in [5.41, 5.74) is 1.89. The second-order valence-corrected chi connectivity index (χ2v) is 7.61. The van der Waals surface area contributed by atoms with Crippen LogP contribution in [0.3, 0.4) is 0 Å². The third kappa shape index (κ3) is 3.61. The SMILES string of the molecule is COc1ccc(N2C(=O)c3ccc(C(=O)Nc4ccc(I)cc4)cc3C2=O)cc1. The number of amides is 3. The van der Waals surface area contributed by atoms with Crippen molar-refractivity contribution < 1.29 is 19.1 Å². The standard InChI is InChI=1S/C22H15IN2O4/c1-29-17-9-7-16(8-10-17)25-21(27)18-11-2-13(12-19(18)22(25)28)20(26)24-15-5-3-14(23)4-6-15/h2-12H,1H3,(H,24,26). The van der Waals surface area contributed by atoms with Gasteiger partial charge in [0.1, 0.15) is 5.75 Å². The Morgan fingerprint density at radius 2 is 1.55 bits per heavy atom. The Labute approximate surface area is 180 Å². The summed E-state index contributed by atoms with van der Waals surface area (Å²) >= 11 is 2.18. The molecule has 0 unspecified atom stereocenters. The lowest BCUT2D eigenvalue weighted by Crippen LogP contribution is -2.29. The van der Waals surface area contributed by atoms with Crippen LogP contribution in [0, 0.1) is 3.57 Å². The molecule has 1 aliphatic rings.